The van der Waals surface area contributed by atoms with Crippen molar-refractivity contribution < 1.29 is 4.79 Å². The van der Waals surface area contributed by atoms with Gasteiger partial charge in [0, 0.05) is 20.5 Å². The van der Waals surface area contributed by atoms with Gasteiger partial charge in [0.2, 0.25) is 0 Å². The highest BCUT2D eigenvalue weighted by Gasteiger charge is 2.09. The minimum atomic E-state index is -0.303. The maximum absolute atomic E-state index is 11.9. The lowest BCUT2D eigenvalue weighted by Gasteiger charge is -2.07. The van der Waals surface area contributed by atoms with Gasteiger partial charge in [-0.3, -0.25) is 9.78 Å². The molecule has 0 saturated carbocycles. The molecule has 2 aromatic rings. The van der Waals surface area contributed by atoms with Crippen LogP contribution in [0.1, 0.15) is 10.5 Å². The lowest BCUT2D eigenvalue weighted by molar-refractivity contribution is 0.102. The number of aromatic nitrogens is 1. The number of anilines is 2. The van der Waals surface area contributed by atoms with Crippen molar-refractivity contribution in [2.75, 3.05) is 11.1 Å². The van der Waals surface area contributed by atoms with Crippen LogP contribution in [-0.2, 0) is 0 Å². The van der Waals surface area contributed by atoms with Crippen LogP contribution in [0.15, 0.2) is 36.5 Å². The Labute approximate surface area is 123 Å². The van der Waals surface area contributed by atoms with Crippen LogP contribution in [-0.4, -0.2) is 10.9 Å². The van der Waals surface area contributed by atoms with Crippen LogP contribution in [0.5, 0.6) is 0 Å². The number of carbonyl (C=O) groups excluding carboxylic acids is 1. The van der Waals surface area contributed by atoms with E-state index in [0.717, 1.165) is 3.57 Å². The molecule has 0 saturated heterocycles. The smallest absolute Gasteiger partial charge is 0.274 e. The molecule has 0 aliphatic rings. The zero-order valence-electron chi connectivity index (χ0n) is 9.15. The lowest BCUT2D eigenvalue weighted by atomic mass is 10.3. The van der Waals surface area contributed by atoms with Crippen molar-refractivity contribution in [2.24, 2.45) is 0 Å². The molecule has 0 spiro atoms. The second kappa shape index (κ2) is 5.53. The number of pyridine rings is 1. The third kappa shape index (κ3) is 3.11. The molecule has 92 valence electrons. The highest BCUT2D eigenvalue weighted by atomic mass is 127. The van der Waals surface area contributed by atoms with Gasteiger partial charge in [0.05, 0.1) is 5.69 Å². The normalized spacial score (nSPS) is 10.1. The highest BCUT2D eigenvalue weighted by molar-refractivity contribution is 14.1. The quantitative estimate of drug-likeness (QED) is 0.795. The maximum atomic E-state index is 11.9. The summed E-state index contributed by atoms with van der Waals surface area (Å²) in [7, 11) is 0. The number of amides is 1. The van der Waals surface area contributed by atoms with Crippen LogP contribution < -0.4 is 11.1 Å². The van der Waals surface area contributed by atoms with Crippen LogP contribution in [0.25, 0.3) is 0 Å². The molecule has 0 atom stereocenters. The Balaban J connectivity index is 2.21. The number of nitrogens with zero attached hydrogens (tertiary/aromatic N) is 1. The second-order valence-corrected chi connectivity index (χ2v) is 5.15. The Kier molecular flexibility index (Phi) is 4.03. The summed E-state index contributed by atoms with van der Waals surface area (Å²) in [5.74, 6) is -0.303. The van der Waals surface area contributed by atoms with Gasteiger partial charge < -0.3 is 11.1 Å². The molecule has 0 bridgehead atoms. The molecule has 0 unspecified atom stereocenters. The number of hydrogen-bond acceptors (Lipinski definition) is 3. The van der Waals surface area contributed by atoms with Crippen molar-refractivity contribution in [3.8, 4) is 0 Å². The van der Waals surface area contributed by atoms with E-state index >= 15 is 0 Å². The first-order valence-corrected chi connectivity index (χ1v) is 6.50. The molecule has 18 heavy (non-hydrogen) atoms. The van der Waals surface area contributed by atoms with E-state index in [1.807, 2.05) is 0 Å². The van der Waals surface area contributed by atoms with Crippen molar-refractivity contribution in [1.82, 2.24) is 4.98 Å². The zero-order valence-corrected chi connectivity index (χ0v) is 12.1. The molecule has 3 N–H and O–H groups in total. The molecule has 6 heteroatoms. The molecule has 1 aromatic carbocycles. The van der Waals surface area contributed by atoms with Crippen LogP contribution in [0.2, 0.25) is 5.02 Å². The Bertz CT molecular complexity index is 604. The van der Waals surface area contributed by atoms with Gasteiger partial charge in [-0.1, -0.05) is 11.6 Å². The molecule has 0 radical (unpaired) electrons. The largest absolute Gasteiger partial charge is 0.399 e. The van der Waals surface area contributed by atoms with Gasteiger partial charge in [-0.2, -0.15) is 0 Å². The molecule has 2 rings (SSSR count). The minimum Gasteiger partial charge on any atom is -0.399 e. The van der Waals surface area contributed by atoms with Gasteiger partial charge in [0.1, 0.15) is 5.69 Å². The summed E-state index contributed by atoms with van der Waals surface area (Å²) in [6.45, 7) is 0. The van der Waals surface area contributed by atoms with E-state index < -0.39 is 0 Å². The first kappa shape index (κ1) is 13.1. The monoisotopic (exact) mass is 373 g/mol. The Morgan fingerprint density at radius 1 is 1.33 bits per heavy atom. The van der Waals surface area contributed by atoms with Crippen LogP contribution in [0.3, 0.4) is 0 Å². The first-order chi connectivity index (χ1) is 8.56. The number of nitrogens with one attached hydrogen (secondary N) is 1. The molecule has 1 heterocycles. The predicted molar refractivity (Wildman–Crippen MR) is 80.8 cm³/mol. The summed E-state index contributed by atoms with van der Waals surface area (Å²) in [6, 6.07) is 8.38. The number of carbonyl (C=O) groups is 1. The van der Waals surface area contributed by atoms with Crippen LogP contribution in [0.4, 0.5) is 11.4 Å². The molecule has 4 nitrogen and oxygen atoms in total. The first-order valence-electron chi connectivity index (χ1n) is 5.04. The number of hydrogen-bond donors (Lipinski definition) is 2. The van der Waals surface area contributed by atoms with Gasteiger partial charge in [-0.05, 0) is 52.9 Å². The third-order valence-corrected chi connectivity index (χ3v) is 3.32. The molecule has 0 aliphatic heterocycles. The Morgan fingerprint density at radius 3 is 2.78 bits per heavy atom. The molecule has 0 fully saturated rings. The van der Waals surface area contributed by atoms with E-state index in [9.17, 15) is 4.79 Å². The maximum Gasteiger partial charge on any atom is 0.274 e. The average Bonchev–Trinajstić information content (AvgIpc) is 2.32. The summed E-state index contributed by atoms with van der Waals surface area (Å²) >= 11 is 7.95. The van der Waals surface area contributed by atoms with E-state index in [-0.39, 0.29) is 11.6 Å². The van der Waals surface area contributed by atoms with Crippen molar-refractivity contribution in [1.29, 1.82) is 0 Å². The van der Waals surface area contributed by atoms with Crippen molar-refractivity contribution in [3.05, 3.63) is 50.8 Å². The van der Waals surface area contributed by atoms with Gasteiger partial charge in [-0.15, -0.1) is 0 Å². The van der Waals surface area contributed by atoms with Gasteiger partial charge in [0.15, 0.2) is 0 Å². The topological polar surface area (TPSA) is 68.0 Å². The summed E-state index contributed by atoms with van der Waals surface area (Å²) in [6.07, 6.45) is 1.50. The summed E-state index contributed by atoms with van der Waals surface area (Å²) in [5, 5.41) is 3.38. The SMILES string of the molecule is Nc1ccnc(C(=O)Nc2ccc(Cl)cc2I)c1. The number of halogens is 2. The zero-order chi connectivity index (χ0) is 13.1. The van der Waals surface area contributed by atoms with Crippen LogP contribution >= 0.6 is 34.2 Å². The molecule has 1 amide bonds. The second-order valence-electron chi connectivity index (χ2n) is 3.55. The van der Waals surface area contributed by atoms with Crippen LogP contribution in [0, 0.1) is 3.57 Å². The summed E-state index contributed by atoms with van der Waals surface area (Å²) in [5.41, 5.74) is 7.07. The highest BCUT2D eigenvalue weighted by Crippen LogP contribution is 2.22. The minimum absolute atomic E-state index is 0.278. The van der Waals surface area contributed by atoms with Crippen molar-refractivity contribution in [3.63, 3.8) is 0 Å². The Hall–Kier alpha value is -1.34. The van der Waals surface area contributed by atoms with E-state index in [1.165, 1.54) is 12.3 Å². The number of benzene rings is 1. The Morgan fingerprint density at radius 2 is 2.11 bits per heavy atom. The summed E-state index contributed by atoms with van der Waals surface area (Å²) < 4.78 is 0.859. The number of nitrogens with two attached hydrogens (primary N) is 1. The van der Waals surface area contributed by atoms with E-state index in [2.05, 4.69) is 32.9 Å². The van der Waals surface area contributed by atoms with Gasteiger partial charge in [0.25, 0.3) is 5.91 Å². The molecular weight excluding hydrogens is 365 g/mol. The molecule has 0 aliphatic carbocycles. The number of rotatable bonds is 2. The lowest BCUT2D eigenvalue weighted by Crippen LogP contribution is -2.14. The summed E-state index contributed by atoms with van der Waals surface area (Å²) in [4.78, 5) is 15.9. The van der Waals surface area contributed by atoms with Crippen molar-refractivity contribution >= 4 is 51.5 Å². The van der Waals surface area contributed by atoms with E-state index in [4.69, 9.17) is 17.3 Å². The number of nitrogen functional groups attached to an aromatic ring is 1. The fraction of sp³-hybridized carbons (Fsp3) is 0. The van der Waals surface area contributed by atoms with E-state index in [1.54, 1.807) is 24.3 Å². The fourth-order valence-electron chi connectivity index (χ4n) is 1.35. The standard InChI is InChI=1S/C12H9ClIN3O/c13-7-1-2-10(9(14)5-7)17-12(18)11-6-8(15)3-4-16-11/h1-6H,(H2,15,16)(H,17,18). The third-order valence-electron chi connectivity index (χ3n) is 2.20. The average molecular weight is 374 g/mol. The molecule has 1 aromatic heterocycles. The fourth-order valence-corrected chi connectivity index (χ4v) is 2.35. The van der Waals surface area contributed by atoms with Gasteiger partial charge >= 0.3 is 0 Å². The predicted octanol–water partition coefficient (Wildman–Crippen LogP) is 3.17. The van der Waals surface area contributed by atoms with Crippen molar-refractivity contribution in [2.45, 2.75) is 0 Å². The van der Waals surface area contributed by atoms with Gasteiger partial charge in [-0.25, -0.2) is 0 Å². The molecular formula is C12H9ClIN3O. The van der Waals surface area contributed by atoms with E-state index in [0.29, 0.717) is 16.4 Å².